The Morgan fingerprint density at radius 3 is 2.54 bits per heavy atom. The lowest BCUT2D eigenvalue weighted by molar-refractivity contribution is -0.137. The van der Waals surface area contributed by atoms with Gasteiger partial charge in [0, 0.05) is 24.7 Å². The van der Waals surface area contributed by atoms with E-state index in [0.717, 1.165) is 12.5 Å². The third-order valence-corrected chi connectivity index (χ3v) is 4.16. The fraction of sp³-hybridized carbons (Fsp3) is 0.278. The molecule has 126 valence electrons. The number of benzene rings is 2. The molecule has 0 spiro atoms. The molecule has 24 heavy (non-hydrogen) atoms. The molecule has 0 saturated carbocycles. The van der Waals surface area contributed by atoms with Crippen molar-refractivity contribution in [2.45, 2.75) is 18.6 Å². The fourth-order valence-corrected chi connectivity index (χ4v) is 2.96. The number of nitrogens with two attached hydrogens (primary N) is 1. The maximum absolute atomic E-state index is 13.2. The second-order valence-electron chi connectivity index (χ2n) is 5.92. The van der Waals surface area contributed by atoms with Crippen LogP contribution in [0.2, 0.25) is 0 Å². The predicted molar refractivity (Wildman–Crippen MR) is 85.4 cm³/mol. The normalized spacial score (nSPS) is 18.0. The molecule has 0 radical (unpaired) electrons. The molecule has 1 aliphatic rings. The summed E-state index contributed by atoms with van der Waals surface area (Å²) in [6.07, 6.45) is -3.71. The van der Waals surface area contributed by atoms with Crippen molar-refractivity contribution in [1.29, 1.82) is 0 Å². The number of carbonyl (C=O) groups excluding carboxylic acids is 1. The van der Waals surface area contributed by atoms with E-state index in [0.29, 0.717) is 24.2 Å². The summed E-state index contributed by atoms with van der Waals surface area (Å²) in [5, 5.41) is 0. The first-order valence-corrected chi connectivity index (χ1v) is 7.68. The average Bonchev–Trinajstić information content (AvgIpc) is 3.00. The van der Waals surface area contributed by atoms with Crippen LogP contribution >= 0.6 is 0 Å². The Hall–Kier alpha value is -2.34. The molecule has 1 fully saturated rings. The van der Waals surface area contributed by atoms with Gasteiger partial charge in [-0.3, -0.25) is 4.79 Å². The third-order valence-electron chi connectivity index (χ3n) is 4.16. The monoisotopic (exact) mass is 334 g/mol. The van der Waals surface area contributed by atoms with E-state index in [1.807, 2.05) is 0 Å². The second-order valence-corrected chi connectivity index (χ2v) is 5.92. The number of carbonyl (C=O) groups is 1. The van der Waals surface area contributed by atoms with Crippen molar-refractivity contribution in [3.63, 3.8) is 0 Å². The number of likely N-dealkylation sites (tertiary alicyclic amines) is 1. The Kier molecular flexibility index (Phi) is 4.32. The van der Waals surface area contributed by atoms with Gasteiger partial charge in [0.1, 0.15) is 0 Å². The smallest absolute Gasteiger partial charge is 0.337 e. The highest BCUT2D eigenvalue weighted by molar-refractivity contribution is 5.95. The lowest BCUT2D eigenvalue weighted by Gasteiger charge is -2.17. The van der Waals surface area contributed by atoms with E-state index in [1.54, 1.807) is 29.2 Å². The minimum Gasteiger partial charge on any atom is -0.337 e. The molecule has 2 aromatic rings. The van der Waals surface area contributed by atoms with Gasteiger partial charge in [0.05, 0.1) is 5.56 Å². The highest BCUT2D eigenvalue weighted by atomic mass is 19.4. The molecule has 1 amide bonds. The van der Waals surface area contributed by atoms with Crippen LogP contribution in [0.1, 0.15) is 22.3 Å². The number of hydrogen-bond acceptors (Lipinski definition) is 2. The zero-order chi connectivity index (χ0) is 17.3. The van der Waals surface area contributed by atoms with Crippen LogP contribution < -0.4 is 5.73 Å². The summed E-state index contributed by atoms with van der Waals surface area (Å²) >= 11 is 0. The summed E-state index contributed by atoms with van der Waals surface area (Å²) in [7, 11) is 0. The Labute approximate surface area is 137 Å². The first kappa shape index (κ1) is 16.5. The van der Waals surface area contributed by atoms with Crippen LogP contribution in [0.15, 0.2) is 48.5 Å². The average molecular weight is 334 g/mol. The molecular formula is C18H17F3N2O. The summed E-state index contributed by atoms with van der Waals surface area (Å²) in [6.45, 7) is 1.05. The lowest BCUT2D eigenvalue weighted by Crippen LogP contribution is -2.31. The van der Waals surface area contributed by atoms with Crippen LogP contribution in [0.25, 0.3) is 11.1 Å². The first-order valence-electron chi connectivity index (χ1n) is 7.68. The molecule has 3 rings (SSSR count). The minimum absolute atomic E-state index is 0.0388. The van der Waals surface area contributed by atoms with Crippen molar-refractivity contribution in [1.82, 2.24) is 4.90 Å². The van der Waals surface area contributed by atoms with Crippen LogP contribution in [0.4, 0.5) is 13.2 Å². The summed E-state index contributed by atoms with van der Waals surface area (Å²) in [6, 6.07) is 11.6. The lowest BCUT2D eigenvalue weighted by atomic mass is 9.97. The highest BCUT2D eigenvalue weighted by Crippen LogP contribution is 2.37. The van der Waals surface area contributed by atoms with E-state index < -0.39 is 11.7 Å². The highest BCUT2D eigenvalue weighted by Gasteiger charge is 2.33. The van der Waals surface area contributed by atoms with Crippen LogP contribution in [0.5, 0.6) is 0 Å². The second kappa shape index (κ2) is 6.28. The standard InChI is InChI=1S/C18H17F3N2O/c19-18(20,21)16-7-2-1-6-15(16)12-4-3-5-13(10-12)17(24)23-9-8-14(22)11-23/h1-7,10,14H,8-9,11,22H2/t14-/m0/s1. The molecule has 0 unspecified atom stereocenters. The van der Waals surface area contributed by atoms with Gasteiger partial charge in [-0.25, -0.2) is 0 Å². The molecule has 1 aliphatic heterocycles. The van der Waals surface area contributed by atoms with Gasteiger partial charge >= 0.3 is 6.18 Å². The molecule has 3 nitrogen and oxygen atoms in total. The van der Waals surface area contributed by atoms with E-state index in [-0.39, 0.29) is 17.5 Å². The third kappa shape index (κ3) is 3.28. The predicted octanol–water partition coefficient (Wildman–Crippen LogP) is 3.55. The maximum atomic E-state index is 13.2. The van der Waals surface area contributed by atoms with Gasteiger partial charge in [-0.15, -0.1) is 0 Å². The SMILES string of the molecule is N[C@H]1CCN(C(=O)c2cccc(-c3ccccc3C(F)(F)F)c2)C1. The molecule has 1 atom stereocenters. The Balaban J connectivity index is 1.96. The van der Waals surface area contributed by atoms with E-state index >= 15 is 0 Å². The Morgan fingerprint density at radius 2 is 1.88 bits per heavy atom. The molecule has 1 saturated heterocycles. The molecular weight excluding hydrogens is 317 g/mol. The van der Waals surface area contributed by atoms with Crippen LogP contribution in [0.3, 0.4) is 0 Å². The molecule has 0 bridgehead atoms. The molecule has 2 N–H and O–H groups in total. The summed E-state index contributed by atoms with van der Waals surface area (Å²) in [5.74, 6) is -0.200. The van der Waals surface area contributed by atoms with Gasteiger partial charge in [0.2, 0.25) is 0 Å². The van der Waals surface area contributed by atoms with Crippen LogP contribution in [-0.4, -0.2) is 29.9 Å². The molecule has 0 aliphatic carbocycles. The van der Waals surface area contributed by atoms with E-state index in [4.69, 9.17) is 5.73 Å². The number of rotatable bonds is 2. The van der Waals surface area contributed by atoms with Crippen LogP contribution in [0, 0.1) is 0 Å². The molecule has 1 heterocycles. The Bertz CT molecular complexity index is 758. The van der Waals surface area contributed by atoms with Gasteiger partial charge in [-0.2, -0.15) is 13.2 Å². The van der Waals surface area contributed by atoms with Crippen molar-refractivity contribution >= 4 is 5.91 Å². The number of nitrogens with zero attached hydrogens (tertiary/aromatic N) is 1. The maximum Gasteiger partial charge on any atom is 0.417 e. The first-order chi connectivity index (χ1) is 11.4. The van der Waals surface area contributed by atoms with Gasteiger partial charge in [0.15, 0.2) is 0 Å². The summed E-state index contributed by atoms with van der Waals surface area (Å²) < 4.78 is 39.6. The number of amides is 1. The quantitative estimate of drug-likeness (QED) is 0.913. The van der Waals surface area contributed by atoms with Crippen molar-refractivity contribution in [2.75, 3.05) is 13.1 Å². The molecule has 6 heteroatoms. The van der Waals surface area contributed by atoms with Gasteiger partial charge in [-0.05, 0) is 35.7 Å². The van der Waals surface area contributed by atoms with E-state index in [2.05, 4.69) is 0 Å². The van der Waals surface area contributed by atoms with Crippen molar-refractivity contribution < 1.29 is 18.0 Å². The van der Waals surface area contributed by atoms with Gasteiger partial charge in [0.25, 0.3) is 5.91 Å². The minimum atomic E-state index is -4.45. The molecule has 0 aromatic heterocycles. The number of alkyl halides is 3. The van der Waals surface area contributed by atoms with Gasteiger partial charge < -0.3 is 10.6 Å². The van der Waals surface area contributed by atoms with E-state index in [1.165, 1.54) is 18.2 Å². The van der Waals surface area contributed by atoms with Crippen molar-refractivity contribution in [2.24, 2.45) is 5.73 Å². The Morgan fingerprint density at radius 1 is 1.12 bits per heavy atom. The summed E-state index contributed by atoms with van der Waals surface area (Å²) in [5.41, 5.74) is 5.91. The van der Waals surface area contributed by atoms with E-state index in [9.17, 15) is 18.0 Å². The number of halogens is 3. The zero-order valence-electron chi connectivity index (χ0n) is 12.9. The van der Waals surface area contributed by atoms with Crippen molar-refractivity contribution in [3.8, 4) is 11.1 Å². The van der Waals surface area contributed by atoms with Gasteiger partial charge in [-0.1, -0.05) is 30.3 Å². The van der Waals surface area contributed by atoms with Crippen molar-refractivity contribution in [3.05, 3.63) is 59.7 Å². The molecule has 2 aromatic carbocycles. The topological polar surface area (TPSA) is 46.3 Å². The fourth-order valence-electron chi connectivity index (χ4n) is 2.96. The van der Waals surface area contributed by atoms with Crippen LogP contribution in [-0.2, 0) is 6.18 Å². The summed E-state index contributed by atoms with van der Waals surface area (Å²) in [4.78, 5) is 14.1. The largest absolute Gasteiger partial charge is 0.417 e. The number of hydrogen-bond donors (Lipinski definition) is 1. The zero-order valence-corrected chi connectivity index (χ0v) is 12.9.